The van der Waals surface area contributed by atoms with Crippen LogP contribution < -0.4 is 5.32 Å². The summed E-state index contributed by atoms with van der Waals surface area (Å²) < 4.78 is 5.18. The highest BCUT2D eigenvalue weighted by atomic mass is 16.4. The lowest BCUT2D eigenvalue weighted by Gasteiger charge is -2.21. The lowest BCUT2D eigenvalue weighted by atomic mass is 10.0. The average molecular weight is 249 g/mol. The summed E-state index contributed by atoms with van der Waals surface area (Å²) in [5, 5.41) is 13.1. The fraction of sp³-hybridized carbons (Fsp3) is 0.643. The van der Waals surface area contributed by atoms with Crippen LogP contribution in [-0.4, -0.2) is 17.6 Å². The van der Waals surface area contributed by atoms with Crippen LogP contribution in [0.15, 0.2) is 22.8 Å². The Morgan fingerprint density at radius 2 is 2.28 bits per heavy atom. The van der Waals surface area contributed by atoms with Gasteiger partial charge in [-0.1, -0.05) is 6.42 Å². The Morgan fingerprint density at radius 1 is 1.56 bits per heavy atom. The van der Waals surface area contributed by atoms with E-state index in [4.69, 9.17) is 4.42 Å². The van der Waals surface area contributed by atoms with E-state index in [0.29, 0.717) is 17.6 Å². The molecule has 1 heterocycles. The van der Waals surface area contributed by atoms with Crippen LogP contribution in [-0.2, 0) is 10.4 Å². The van der Waals surface area contributed by atoms with Crippen molar-refractivity contribution in [1.82, 2.24) is 5.32 Å². The maximum absolute atomic E-state index is 12.0. The smallest absolute Gasteiger partial charge is 0.223 e. The van der Waals surface area contributed by atoms with Crippen molar-refractivity contribution < 1.29 is 14.3 Å². The topological polar surface area (TPSA) is 62.5 Å². The molecule has 3 rings (SSSR count). The number of amides is 1. The van der Waals surface area contributed by atoms with Gasteiger partial charge < -0.3 is 14.8 Å². The van der Waals surface area contributed by atoms with Crippen molar-refractivity contribution in [2.45, 2.75) is 31.8 Å². The molecule has 3 atom stereocenters. The molecule has 0 saturated heterocycles. The standard InChI is InChI=1S/C14H19NO3/c1-14(17,11-6-3-7-18-11)8-15-13(16)12-9-4-2-5-10(9)12/h3,6-7,9-10,12,17H,2,4-5,8H2,1H3,(H,15,16). The number of carbonyl (C=O) groups excluding carboxylic acids is 1. The normalized spacial score (nSPS) is 32.7. The van der Waals surface area contributed by atoms with Gasteiger partial charge in [-0.2, -0.15) is 0 Å². The van der Waals surface area contributed by atoms with E-state index in [-0.39, 0.29) is 18.4 Å². The third kappa shape index (κ3) is 1.94. The van der Waals surface area contributed by atoms with Gasteiger partial charge in [-0.25, -0.2) is 0 Å². The van der Waals surface area contributed by atoms with Gasteiger partial charge in [-0.05, 0) is 43.7 Å². The van der Waals surface area contributed by atoms with Crippen molar-refractivity contribution >= 4 is 5.91 Å². The average Bonchev–Trinajstić information content (AvgIpc) is 2.84. The van der Waals surface area contributed by atoms with Gasteiger partial charge in [0.25, 0.3) is 0 Å². The maximum Gasteiger partial charge on any atom is 0.223 e. The molecule has 18 heavy (non-hydrogen) atoms. The molecule has 0 spiro atoms. The van der Waals surface area contributed by atoms with Crippen LogP contribution in [0.4, 0.5) is 0 Å². The van der Waals surface area contributed by atoms with Crippen LogP contribution in [0.25, 0.3) is 0 Å². The van der Waals surface area contributed by atoms with Crippen LogP contribution in [0, 0.1) is 17.8 Å². The molecule has 1 aromatic rings. The molecule has 0 aromatic carbocycles. The Morgan fingerprint density at radius 3 is 2.89 bits per heavy atom. The molecule has 4 heteroatoms. The molecular weight excluding hydrogens is 230 g/mol. The quantitative estimate of drug-likeness (QED) is 0.853. The highest BCUT2D eigenvalue weighted by Gasteiger charge is 2.56. The minimum absolute atomic E-state index is 0.0940. The van der Waals surface area contributed by atoms with Gasteiger partial charge in [0.1, 0.15) is 11.4 Å². The third-order valence-electron chi connectivity index (χ3n) is 4.37. The van der Waals surface area contributed by atoms with Crippen LogP contribution in [0.3, 0.4) is 0 Å². The van der Waals surface area contributed by atoms with Gasteiger partial charge in [0.05, 0.1) is 12.8 Å². The van der Waals surface area contributed by atoms with Crippen LogP contribution in [0.2, 0.25) is 0 Å². The summed E-state index contributed by atoms with van der Waals surface area (Å²) in [6.45, 7) is 1.86. The molecule has 0 aliphatic heterocycles. The second kappa shape index (κ2) is 4.12. The molecule has 2 fully saturated rings. The second-order valence-electron chi connectivity index (χ2n) is 5.75. The Kier molecular flexibility index (Phi) is 2.70. The first-order valence-corrected chi connectivity index (χ1v) is 6.64. The highest BCUT2D eigenvalue weighted by molar-refractivity contribution is 5.82. The predicted molar refractivity (Wildman–Crippen MR) is 65.6 cm³/mol. The van der Waals surface area contributed by atoms with Crippen molar-refractivity contribution in [1.29, 1.82) is 0 Å². The molecule has 4 nitrogen and oxygen atoms in total. The number of aliphatic hydroxyl groups is 1. The molecule has 3 unspecified atom stereocenters. The zero-order chi connectivity index (χ0) is 12.8. The first-order chi connectivity index (χ1) is 8.59. The number of hydrogen-bond acceptors (Lipinski definition) is 3. The first kappa shape index (κ1) is 11.8. The molecule has 2 saturated carbocycles. The van der Waals surface area contributed by atoms with Gasteiger partial charge in [0, 0.05) is 5.92 Å². The minimum atomic E-state index is -1.14. The van der Waals surface area contributed by atoms with Gasteiger partial charge >= 0.3 is 0 Å². The third-order valence-corrected chi connectivity index (χ3v) is 4.37. The molecule has 0 radical (unpaired) electrons. The minimum Gasteiger partial charge on any atom is -0.466 e. The Hall–Kier alpha value is -1.29. The zero-order valence-corrected chi connectivity index (χ0v) is 10.6. The largest absolute Gasteiger partial charge is 0.466 e. The van der Waals surface area contributed by atoms with Crippen molar-refractivity contribution in [3.63, 3.8) is 0 Å². The van der Waals surface area contributed by atoms with E-state index in [9.17, 15) is 9.90 Å². The Labute approximate surface area is 106 Å². The molecular formula is C14H19NO3. The molecule has 2 N–H and O–H groups in total. The molecule has 1 amide bonds. The number of nitrogens with one attached hydrogen (secondary N) is 1. The summed E-state index contributed by atoms with van der Waals surface area (Å²) in [7, 11) is 0. The highest BCUT2D eigenvalue weighted by Crippen LogP contribution is 2.57. The summed E-state index contributed by atoms with van der Waals surface area (Å²) in [4.78, 5) is 12.0. The summed E-state index contributed by atoms with van der Waals surface area (Å²) in [5.41, 5.74) is -1.14. The van der Waals surface area contributed by atoms with Crippen LogP contribution in [0.5, 0.6) is 0 Å². The van der Waals surface area contributed by atoms with E-state index >= 15 is 0 Å². The van der Waals surface area contributed by atoms with E-state index < -0.39 is 5.60 Å². The van der Waals surface area contributed by atoms with Gasteiger partial charge in [-0.15, -0.1) is 0 Å². The summed E-state index contributed by atoms with van der Waals surface area (Å²) in [5.74, 6) is 2.00. The number of furan rings is 1. The van der Waals surface area contributed by atoms with Gasteiger partial charge in [0.2, 0.25) is 5.91 Å². The van der Waals surface area contributed by atoms with E-state index in [1.807, 2.05) is 0 Å². The predicted octanol–water partition coefficient (Wildman–Crippen LogP) is 1.65. The molecule has 1 aromatic heterocycles. The second-order valence-corrected chi connectivity index (χ2v) is 5.75. The summed E-state index contributed by atoms with van der Waals surface area (Å²) >= 11 is 0. The van der Waals surface area contributed by atoms with Crippen molar-refractivity contribution in [3.05, 3.63) is 24.2 Å². The first-order valence-electron chi connectivity index (χ1n) is 6.64. The number of hydrogen-bond donors (Lipinski definition) is 2. The lowest BCUT2D eigenvalue weighted by molar-refractivity contribution is -0.124. The summed E-state index contributed by atoms with van der Waals surface area (Å²) in [6.07, 6.45) is 5.18. The number of carbonyl (C=O) groups is 1. The monoisotopic (exact) mass is 249 g/mol. The Bertz CT molecular complexity index is 428. The molecule has 0 bridgehead atoms. The fourth-order valence-corrected chi connectivity index (χ4v) is 3.26. The van der Waals surface area contributed by atoms with Crippen molar-refractivity contribution in [2.75, 3.05) is 6.54 Å². The van der Waals surface area contributed by atoms with Crippen molar-refractivity contribution in [3.8, 4) is 0 Å². The molecule has 2 aliphatic carbocycles. The maximum atomic E-state index is 12.0. The van der Waals surface area contributed by atoms with Crippen LogP contribution >= 0.6 is 0 Å². The van der Waals surface area contributed by atoms with Gasteiger partial charge in [0.15, 0.2) is 0 Å². The fourth-order valence-electron chi connectivity index (χ4n) is 3.26. The van der Waals surface area contributed by atoms with E-state index in [2.05, 4.69) is 5.32 Å². The number of rotatable bonds is 4. The van der Waals surface area contributed by atoms with Crippen molar-refractivity contribution in [2.24, 2.45) is 17.8 Å². The van der Waals surface area contributed by atoms with E-state index in [1.165, 1.54) is 25.5 Å². The number of fused-ring (bicyclic) bond motifs is 1. The lowest BCUT2D eigenvalue weighted by Crippen LogP contribution is -2.39. The van der Waals surface area contributed by atoms with E-state index in [0.717, 1.165) is 0 Å². The Balaban J connectivity index is 1.54. The molecule has 98 valence electrons. The molecule has 2 aliphatic rings. The SMILES string of the molecule is CC(O)(CNC(=O)C1C2CCCC21)c1ccco1. The summed E-state index contributed by atoms with van der Waals surface area (Å²) in [6, 6.07) is 3.45. The van der Waals surface area contributed by atoms with E-state index in [1.54, 1.807) is 19.1 Å². The van der Waals surface area contributed by atoms with Crippen LogP contribution in [0.1, 0.15) is 31.9 Å². The van der Waals surface area contributed by atoms with Gasteiger partial charge in [-0.3, -0.25) is 4.79 Å². The zero-order valence-electron chi connectivity index (χ0n) is 10.6.